The minimum absolute atomic E-state index is 0.0574. The zero-order valence-corrected chi connectivity index (χ0v) is 9.18. The fourth-order valence-electron chi connectivity index (χ4n) is 1.20. The molecule has 0 aliphatic carbocycles. The number of hydrogen-bond donors (Lipinski definition) is 0. The first kappa shape index (κ1) is 12.1. The Hall–Kier alpha value is -0.930. The lowest BCUT2D eigenvalue weighted by atomic mass is 10.1. The van der Waals surface area contributed by atoms with Gasteiger partial charge in [-0.1, -0.05) is 11.6 Å². The van der Waals surface area contributed by atoms with Crippen molar-refractivity contribution < 1.29 is 13.9 Å². The van der Waals surface area contributed by atoms with E-state index in [1.807, 2.05) is 0 Å². The van der Waals surface area contributed by atoms with E-state index < -0.39 is 5.82 Å². The molecule has 0 aromatic heterocycles. The van der Waals surface area contributed by atoms with Crippen LogP contribution < -0.4 is 0 Å². The zero-order chi connectivity index (χ0) is 11.3. The molecular formula is C11H12ClFO2. The molecule has 0 unspecified atom stereocenters. The van der Waals surface area contributed by atoms with Crippen LogP contribution in [0.15, 0.2) is 18.2 Å². The van der Waals surface area contributed by atoms with Gasteiger partial charge in [0.2, 0.25) is 0 Å². The van der Waals surface area contributed by atoms with Crippen molar-refractivity contribution in [1.82, 2.24) is 0 Å². The summed E-state index contributed by atoms with van der Waals surface area (Å²) >= 11 is 5.70. The molecule has 0 fully saturated rings. The molecule has 0 radical (unpaired) electrons. The minimum Gasteiger partial charge on any atom is -0.384 e. The second-order valence-corrected chi connectivity index (χ2v) is 3.63. The van der Waals surface area contributed by atoms with Crippen LogP contribution in [-0.2, 0) is 16.0 Å². The molecule has 1 aromatic rings. The van der Waals surface area contributed by atoms with E-state index >= 15 is 0 Å². The summed E-state index contributed by atoms with van der Waals surface area (Å²) in [6, 6.07) is 4.20. The Morgan fingerprint density at radius 1 is 1.53 bits per heavy atom. The number of ketones is 1. The number of ether oxygens (including phenoxy) is 1. The summed E-state index contributed by atoms with van der Waals surface area (Å²) in [6.45, 7) is 0.362. The molecule has 82 valence electrons. The maximum atomic E-state index is 13.2. The number of benzene rings is 1. The molecule has 0 heterocycles. The van der Waals surface area contributed by atoms with Gasteiger partial charge in [0.15, 0.2) is 0 Å². The van der Waals surface area contributed by atoms with E-state index in [1.165, 1.54) is 25.3 Å². The van der Waals surface area contributed by atoms with Crippen LogP contribution in [0.4, 0.5) is 4.39 Å². The molecule has 0 amide bonds. The third kappa shape index (κ3) is 3.98. The molecule has 0 N–H and O–H groups in total. The van der Waals surface area contributed by atoms with Crippen molar-refractivity contribution >= 4 is 17.4 Å². The highest BCUT2D eigenvalue weighted by Crippen LogP contribution is 2.15. The van der Waals surface area contributed by atoms with E-state index in [-0.39, 0.29) is 12.2 Å². The van der Waals surface area contributed by atoms with E-state index in [4.69, 9.17) is 16.3 Å². The molecule has 15 heavy (non-hydrogen) atoms. The number of methoxy groups -OCH3 is 1. The van der Waals surface area contributed by atoms with Crippen LogP contribution in [-0.4, -0.2) is 19.5 Å². The van der Waals surface area contributed by atoms with Crippen molar-refractivity contribution in [3.05, 3.63) is 34.6 Å². The summed E-state index contributed by atoms with van der Waals surface area (Å²) in [6.07, 6.45) is 0.359. The predicted octanol–water partition coefficient (Wildman–Crippen LogP) is 2.63. The molecule has 2 nitrogen and oxygen atoms in total. The first-order valence-electron chi connectivity index (χ1n) is 4.58. The van der Waals surface area contributed by atoms with Crippen LogP contribution >= 0.6 is 11.6 Å². The van der Waals surface area contributed by atoms with Gasteiger partial charge in [-0.25, -0.2) is 4.39 Å². The molecule has 0 saturated heterocycles. The molecule has 0 bridgehead atoms. The van der Waals surface area contributed by atoms with Gasteiger partial charge in [-0.2, -0.15) is 0 Å². The van der Waals surface area contributed by atoms with Gasteiger partial charge in [0.1, 0.15) is 11.6 Å². The average molecular weight is 231 g/mol. The smallest absolute Gasteiger partial charge is 0.139 e. The van der Waals surface area contributed by atoms with Gasteiger partial charge in [-0.3, -0.25) is 4.79 Å². The van der Waals surface area contributed by atoms with Crippen LogP contribution in [0.5, 0.6) is 0 Å². The lowest BCUT2D eigenvalue weighted by Crippen LogP contribution is -2.07. The topological polar surface area (TPSA) is 26.3 Å². The highest BCUT2D eigenvalue weighted by atomic mass is 35.5. The van der Waals surface area contributed by atoms with E-state index in [2.05, 4.69) is 0 Å². The standard InChI is InChI=1S/C11H12ClFO2/c1-15-5-4-10(14)7-8-6-9(12)2-3-11(8)13/h2-3,6H,4-5,7H2,1H3. The van der Waals surface area contributed by atoms with E-state index in [0.29, 0.717) is 23.6 Å². The largest absolute Gasteiger partial charge is 0.384 e. The van der Waals surface area contributed by atoms with E-state index in [1.54, 1.807) is 0 Å². The Morgan fingerprint density at radius 3 is 2.93 bits per heavy atom. The predicted molar refractivity (Wildman–Crippen MR) is 56.6 cm³/mol. The van der Waals surface area contributed by atoms with Crippen LogP contribution in [0.3, 0.4) is 0 Å². The number of carbonyl (C=O) groups is 1. The summed E-state index contributed by atoms with van der Waals surface area (Å²) in [7, 11) is 1.52. The highest BCUT2D eigenvalue weighted by molar-refractivity contribution is 6.30. The van der Waals surface area contributed by atoms with Crippen molar-refractivity contribution in [2.24, 2.45) is 0 Å². The van der Waals surface area contributed by atoms with Crippen molar-refractivity contribution in [3.63, 3.8) is 0 Å². The molecular weight excluding hydrogens is 219 g/mol. The monoisotopic (exact) mass is 230 g/mol. The second-order valence-electron chi connectivity index (χ2n) is 3.19. The first-order valence-corrected chi connectivity index (χ1v) is 4.96. The van der Waals surface area contributed by atoms with Crippen LogP contribution in [0, 0.1) is 5.82 Å². The maximum Gasteiger partial charge on any atom is 0.139 e. The summed E-state index contributed by atoms with van der Waals surface area (Å²) in [5.74, 6) is -0.455. The molecule has 0 aliphatic rings. The number of Topliss-reactive ketones (excluding diaryl/α,β-unsaturated/α-hetero) is 1. The number of halogens is 2. The number of hydrogen-bond acceptors (Lipinski definition) is 2. The summed E-state index contributed by atoms with van der Waals surface area (Å²) < 4.78 is 18.0. The first-order chi connectivity index (χ1) is 7.13. The molecule has 1 aromatic carbocycles. The Bertz CT molecular complexity index is 352. The molecule has 1 rings (SSSR count). The number of rotatable bonds is 5. The fourth-order valence-corrected chi connectivity index (χ4v) is 1.39. The van der Waals surface area contributed by atoms with Crippen LogP contribution in [0.25, 0.3) is 0 Å². The lowest BCUT2D eigenvalue weighted by Gasteiger charge is -2.03. The van der Waals surface area contributed by atoms with Crippen molar-refractivity contribution in [2.45, 2.75) is 12.8 Å². The zero-order valence-electron chi connectivity index (χ0n) is 8.43. The summed E-state index contributed by atoms with van der Waals surface area (Å²) in [5, 5.41) is 0.436. The molecule has 0 atom stereocenters. The van der Waals surface area contributed by atoms with Crippen molar-refractivity contribution in [1.29, 1.82) is 0 Å². The summed E-state index contributed by atoms with van der Waals surface area (Å²) in [4.78, 5) is 11.3. The molecule has 0 saturated carbocycles. The van der Waals surface area contributed by atoms with Gasteiger partial charge in [0.05, 0.1) is 6.61 Å². The Morgan fingerprint density at radius 2 is 2.27 bits per heavy atom. The normalized spacial score (nSPS) is 10.3. The van der Waals surface area contributed by atoms with Gasteiger partial charge in [-0.05, 0) is 23.8 Å². The van der Waals surface area contributed by atoms with Gasteiger partial charge in [0.25, 0.3) is 0 Å². The van der Waals surface area contributed by atoms with Gasteiger partial charge in [-0.15, -0.1) is 0 Å². The molecule has 0 aliphatic heterocycles. The Kier molecular flexibility index (Phi) is 4.72. The van der Waals surface area contributed by atoms with Gasteiger partial charge < -0.3 is 4.74 Å². The summed E-state index contributed by atoms with van der Waals surface area (Å²) in [5.41, 5.74) is 0.337. The van der Waals surface area contributed by atoms with E-state index in [9.17, 15) is 9.18 Å². The third-order valence-electron chi connectivity index (χ3n) is 1.98. The quantitative estimate of drug-likeness (QED) is 0.777. The van der Waals surface area contributed by atoms with Crippen molar-refractivity contribution in [3.8, 4) is 0 Å². The molecule has 0 spiro atoms. The van der Waals surface area contributed by atoms with Gasteiger partial charge >= 0.3 is 0 Å². The minimum atomic E-state index is -0.398. The third-order valence-corrected chi connectivity index (χ3v) is 2.22. The van der Waals surface area contributed by atoms with Gasteiger partial charge in [0, 0.05) is 25.0 Å². The Balaban J connectivity index is 2.63. The maximum absolute atomic E-state index is 13.2. The lowest BCUT2D eigenvalue weighted by molar-refractivity contribution is -0.119. The van der Waals surface area contributed by atoms with Crippen LogP contribution in [0.2, 0.25) is 5.02 Å². The number of carbonyl (C=O) groups excluding carboxylic acids is 1. The molecule has 4 heteroatoms. The SMILES string of the molecule is COCCC(=O)Cc1cc(Cl)ccc1F. The van der Waals surface area contributed by atoms with Crippen LogP contribution in [0.1, 0.15) is 12.0 Å². The highest BCUT2D eigenvalue weighted by Gasteiger charge is 2.08. The van der Waals surface area contributed by atoms with E-state index in [0.717, 1.165) is 0 Å². The van der Waals surface area contributed by atoms with Crippen molar-refractivity contribution in [2.75, 3.05) is 13.7 Å². The fraction of sp³-hybridized carbons (Fsp3) is 0.364. The second kappa shape index (κ2) is 5.83. The average Bonchev–Trinajstić information content (AvgIpc) is 2.20. The Labute approximate surface area is 93.0 Å².